The van der Waals surface area contributed by atoms with E-state index in [-0.39, 0.29) is 5.60 Å². The second-order valence-electron chi connectivity index (χ2n) is 3.76. The number of ether oxygens (including phenoxy) is 1. The van der Waals surface area contributed by atoms with E-state index in [4.69, 9.17) is 22.9 Å². The molecule has 0 saturated heterocycles. The molecule has 75 valence electrons. The van der Waals surface area contributed by atoms with Crippen molar-refractivity contribution in [2.75, 3.05) is 0 Å². The summed E-state index contributed by atoms with van der Waals surface area (Å²) in [7, 11) is 0. The largest absolute Gasteiger partial charge is 0.488 e. The SMILES string of the molecule is [CH]=CCC(C)(C)Oc1ccc(Cl)cc1. The van der Waals surface area contributed by atoms with Gasteiger partial charge in [-0.25, -0.2) is 0 Å². The zero-order valence-electron chi connectivity index (χ0n) is 8.46. The zero-order valence-corrected chi connectivity index (χ0v) is 9.21. The van der Waals surface area contributed by atoms with Crippen LogP contribution < -0.4 is 4.74 Å². The maximum atomic E-state index is 5.76. The molecule has 1 aromatic rings. The van der Waals surface area contributed by atoms with Crippen LogP contribution in [0.1, 0.15) is 20.3 Å². The van der Waals surface area contributed by atoms with E-state index in [1.807, 2.05) is 26.0 Å². The van der Waals surface area contributed by atoms with Gasteiger partial charge in [0, 0.05) is 11.4 Å². The van der Waals surface area contributed by atoms with Crippen LogP contribution in [0.25, 0.3) is 0 Å². The fourth-order valence-corrected chi connectivity index (χ4v) is 1.27. The predicted molar refractivity (Wildman–Crippen MR) is 59.6 cm³/mol. The Labute approximate surface area is 90.3 Å². The highest BCUT2D eigenvalue weighted by atomic mass is 35.5. The van der Waals surface area contributed by atoms with Crippen molar-refractivity contribution in [1.82, 2.24) is 0 Å². The highest BCUT2D eigenvalue weighted by molar-refractivity contribution is 6.30. The van der Waals surface area contributed by atoms with E-state index in [1.165, 1.54) is 0 Å². The lowest BCUT2D eigenvalue weighted by Gasteiger charge is -2.25. The lowest BCUT2D eigenvalue weighted by molar-refractivity contribution is 0.113. The molecule has 0 amide bonds. The Balaban J connectivity index is 2.68. The van der Waals surface area contributed by atoms with Crippen LogP contribution in [0.3, 0.4) is 0 Å². The molecule has 14 heavy (non-hydrogen) atoms. The van der Waals surface area contributed by atoms with E-state index in [2.05, 4.69) is 0 Å². The van der Waals surface area contributed by atoms with Crippen LogP contribution in [0.5, 0.6) is 5.75 Å². The van der Waals surface area contributed by atoms with E-state index >= 15 is 0 Å². The van der Waals surface area contributed by atoms with Crippen molar-refractivity contribution in [3.05, 3.63) is 41.9 Å². The first-order valence-electron chi connectivity index (χ1n) is 4.51. The zero-order chi connectivity index (χ0) is 10.6. The maximum absolute atomic E-state index is 5.76. The van der Waals surface area contributed by atoms with Crippen LogP contribution in [0.4, 0.5) is 0 Å². The van der Waals surface area contributed by atoms with Gasteiger partial charge in [0.15, 0.2) is 0 Å². The molecular weight excluding hydrogens is 196 g/mol. The Morgan fingerprint density at radius 2 is 1.93 bits per heavy atom. The van der Waals surface area contributed by atoms with Gasteiger partial charge in [0.1, 0.15) is 11.4 Å². The molecule has 2 heteroatoms. The topological polar surface area (TPSA) is 9.23 Å². The Kier molecular flexibility index (Phi) is 3.59. The third kappa shape index (κ3) is 3.43. The van der Waals surface area contributed by atoms with E-state index < -0.39 is 0 Å². The Hall–Kier alpha value is -0.950. The van der Waals surface area contributed by atoms with Crippen molar-refractivity contribution in [1.29, 1.82) is 0 Å². The molecule has 0 unspecified atom stereocenters. The molecular formula is C12H14ClO. The standard InChI is InChI=1S/C12H14ClO/c1-4-9-12(2,3)14-11-7-5-10(13)6-8-11/h1,4-8H,9H2,2-3H3. The second-order valence-corrected chi connectivity index (χ2v) is 4.19. The summed E-state index contributed by atoms with van der Waals surface area (Å²) < 4.78 is 5.73. The van der Waals surface area contributed by atoms with Crippen molar-refractivity contribution in [2.24, 2.45) is 0 Å². The highest BCUT2D eigenvalue weighted by Crippen LogP contribution is 2.22. The Morgan fingerprint density at radius 3 is 2.43 bits per heavy atom. The molecule has 0 bridgehead atoms. The van der Waals surface area contributed by atoms with Gasteiger partial charge in [-0.2, -0.15) is 0 Å². The van der Waals surface area contributed by atoms with Gasteiger partial charge in [-0.3, -0.25) is 0 Å². The molecule has 0 fully saturated rings. The van der Waals surface area contributed by atoms with Crippen molar-refractivity contribution >= 4 is 11.6 Å². The molecule has 1 radical (unpaired) electrons. The second kappa shape index (κ2) is 4.52. The van der Waals surface area contributed by atoms with Gasteiger partial charge in [-0.15, -0.1) is 0 Å². The van der Waals surface area contributed by atoms with E-state index in [0.29, 0.717) is 11.4 Å². The fourth-order valence-electron chi connectivity index (χ4n) is 1.15. The number of halogens is 1. The van der Waals surface area contributed by atoms with Gasteiger partial charge in [0.2, 0.25) is 0 Å². The monoisotopic (exact) mass is 209 g/mol. The average Bonchev–Trinajstić information content (AvgIpc) is 2.08. The molecule has 0 aliphatic carbocycles. The first-order chi connectivity index (χ1) is 6.53. The van der Waals surface area contributed by atoms with Gasteiger partial charge in [0.25, 0.3) is 0 Å². The van der Waals surface area contributed by atoms with E-state index in [0.717, 1.165) is 5.75 Å². The molecule has 0 saturated carbocycles. The third-order valence-corrected chi connectivity index (χ3v) is 2.07. The van der Waals surface area contributed by atoms with Gasteiger partial charge in [-0.1, -0.05) is 24.3 Å². The Bertz CT molecular complexity index is 301. The summed E-state index contributed by atoms with van der Waals surface area (Å²) in [4.78, 5) is 0. The smallest absolute Gasteiger partial charge is 0.120 e. The lowest BCUT2D eigenvalue weighted by Crippen LogP contribution is -2.27. The molecule has 0 aliphatic heterocycles. The molecule has 0 aliphatic rings. The summed E-state index contributed by atoms with van der Waals surface area (Å²) in [5.41, 5.74) is -0.275. The fraction of sp³-hybridized carbons (Fsp3) is 0.333. The normalized spacial score (nSPS) is 11.1. The average molecular weight is 210 g/mol. The van der Waals surface area contributed by atoms with Gasteiger partial charge in [-0.05, 0) is 38.1 Å². The molecule has 1 aromatic carbocycles. The van der Waals surface area contributed by atoms with Crippen LogP contribution in [0, 0.1) is 6.58 Å². The minimum atomic E-state index is -0.275. The highest BCUT2D eigenvalue weighted by Gasteiger charge is 2.17. The van der Waals surface area contributed by atoms with Crippen molar-refractivity contribution in [3.63, 3.8) is 0 Å². The molecule has 1 rings (SSSR count). The number of rotatable bonds is 4. The van der Waals surface area contributed by atoms with Crippen LogP contribution in [-0.4, -0.2) is 5.60 Å². The quantitative estimate of drug-likeness (QED) is 0.732. The lowest BCUT2D eigenvalue weighted by atomic mass is 10.1. The van der Waals surface area contributed by atoms with Crippen LogP contribution >= 0.6 is 11.6 Å². The summed E-state index contributed by atoms with van der Waals surface area (Å²) in [5, 5.41) is 0.709. The summed E-state index contributed by atoms with van der Waals surface area (Å²) in [6, 6.07) is 7.31. The molecule has 1 nitrogen and oxygen atoms in total. The molecule has 0 heterocycles. The minimum Gasteiger partial charge on any atom is -0.488 e. The minimum absolute atomic E-state index is 0.275. The summed E-state index contributed by atoms with van der Waals surface area (Å²) in [5.74, 6) is 0.807. The third-order valence-electron chi connectivity index (χ3n) is 1.82. The Morgan fingerprint density at radius 1 is 1.36 bits per heavy atom. The summed E-state index contributed by atoms with van der Waals surface area (Å²) >= 11 is 5.76. The maximum Gasteiger partial charge on any atom is 0.120 e. The predicted octanol–water partition coefficient (Wildman–Crippen LogP) is 3.88. The van der Waals surface area contributed by atoms with Crippen molar-refractivity contribution < 1.29 is 4.74 Å². The van der Waals surface area contributed by atoms with Crippen molar-refractivity contribution in [2.45, 2.75) is 25.9 Å². The molecule has 0 atom stereocenters. The van der Waals surface area contributed by atoms with Crippen LogP contribution in [0.15, 0.2) is 30.3 Å². The first-order valence-corrected chi connectivity index (χ1v) is 4.89. The molecule has 0 aromatic heterocycles. The van der Waals surface area contributed by atoms with E-state index in [9.17, 15) is 0 Å². The first kappa shape index (κ1) is 11.1. The van der Waals surface area contributed by atoms with E-state index in [1.54, 1.807) is 18.2 Å². The number of benzene rings is 1. The van der Waals surface area contributed by atoms with Crippen molar-refractivity contribution in [3.8, 4) is 5.75 Å². The van der Waals surface area contributed by atoms with Gasteiger partial charge >= 0.3 is 0 Å². The summed E-state index contributed by atoms with van der Waals surface area (Å²) in [6.45, 7) is 9.35. The number of hydrogen-bond acceptors (Lipinski definition) is 1. The summed E-state index contributed by atoms with van der Waals surface area (Å²) in [6.07, 6.45) is 2.31. The molecule has 0 spiro atoms. The van der Waals surface area contributed by atoms with Gasteiger partial charge < -0.3 is 4.74 Å². The molecule has 0 N–H and O–H groups in total. The van der Waals surface area contributed by atoms with Gasteiger partial charge in [0.05, 0.1) is 0 Å². The van der Waals surface area contributed by atoms with Crippen LogP contribution in [-0.2, 0) is 0 Å². The van der Waals surface area contributed by atoms with Crippen LogP contribution in [0.2, 0.25) is 5.02 Å². The number of hydrogen-bond donors (Lipinski definition) is 0.